The molecule has 3 aliphatic heterocycles. The zero-order chi connectivity index (χ0) is 20.5. The molecule has 150 valence electrons. The maximum atomic E-state index is 13.9. The molecule has 1 atom stereocenters. The lowest BCUT2D eigenvalue weighted by atomic mass is 9.77. The number of hydrogen-bond donors (Lipinski definition) is 0. The summed E-state index contributed by atoms with van der Waals surface area (Å²) in [5.74, 6) is 1.56. The van der Waals surface area contributed by atoms with Crippen molar-refractivity contribution in [2.24, 2.45) is 0 Å². The molecule has 3 aliphatic rings. The van der Waals surface area contributed by atoms with Crippen LogP contribution in [-0.2, 0) is 16.8 Å². The summed E-state index contributed by atoms with van der Waals surface area (Å²) >= 11 is 0. The zero-order valence-corrected chi connectivity index (χ0v) is 16.3. The van der Waals surface area contributed by atoms with E-state index in [2.05, 4.69) is 0 Å². The number of halogens is 1. The number of fused-ring (bicyclic) bond motifs is 5. The van der Waals surface area contributed by atoms with Crippen molar-refractivity contribution < 1.29 is 23.4 Å². The molecule has 6 heteroatoms. The topological polar surface area (TPSA) is 48.0 Å². The van der Waals surface area contributed by atoms with Crippen molar-refractivity contribution in [2.75, 3.05) is 18.3 Å². The Bertz CT molecular complexity index is 1220. The minimum atomic E-state index is -0.930. The van der Waals surface area contributed by atoms with Gasteiger partial charge in [-0.1, -0.05) is 24.3 Å². The van der Waals surface area contributed by atoms with Gasteiger partial charge in [-0.15, -0.1) is 0 Å². The van der Waals surface area contributed by atoms with E-state index in [1.54, 1.807) is 17.0 Å². The summed E-state index contributed by atoms with van der Waals surface area (Å²) in [5, 5.41) is 0. The van der Waals surface area contributed by atoms with Crippen LogP contribution in [0.1, 0.15) is 22.3 Å². The highest BCUT2D eigenvalue weighted by atomic mass is 19.1. The number of nitrogens with zero attached hydrogens (tertiary/aromatic N) is 1. The van der Waals surface area contributed by atoms with E-state index in [0.717, 1.165) is 27.9 Å². The fourth-order valence-corrected chi connectivity index (χ4v) is 4.73. The maximum absolute atomic E-state index is 13.9. The Labute approximate surface area is 172 Å². The van der Waals surface area contributed by atoms with Crippen LogP contribution >= 0.6 is 0 Å². The lowest BCUT2D eigenvalue weighted by Gasteiger charge is -2.23. The van der Waals surface area contributed by atoms with Crippen molar-refractivity contribution in [2.45, 2.75) is 18.9 Å². The molecule has 3 heterocycles. The molecule has 0 saturated heterocycles. The molecular weight excluding hydrogens is 385 g/mol. The van der Waals surface area contributed by atoms with Crippen LogP contribution in [0, 0.1) is 12.7 Å². The largest absolute Gasteiger partial charge is 0.491 e. The van der Waals surface area contributed by atoms with Gasteiger partial charge in [-0.3, -0.25) is 4.79 Å². The zero-order valence-electron chi connectivity index (χ0n) is 16.3. The fraction of sp³-hybridized carbons (Fsp3) is 0.208. The van der Waals surface area contributed by atoms with Crippen LogP contribution in [0.5, 0.6) is 17.2 Å². The second kappa shape index (κ2) is 5.98. The first-order valence-corrected chi connectivity index (χ1v) is 9.81. The van der Waals surface area contributed by atoms with Crippen LogP contribution in [-0.4, -0.2) is 19.3 Å². The third-order valence-electron chi connectivity index (χ3n) is 6.28. The Morgan fingerprint density at radius 1 is 0.967 bits per heavy atom. The minimum Gasteiger partial charge on any atom is -0.491 e. The van der Waals surface area contributed by atoms with Crippen LogP contribution in [0.15, 0.2) is 54.6 Å². The van der Waals surface area contributed by atoms with Crippen LogP contribution in [0.3, 0.4) is 0 Å². The van der Waals surface area contributed by atoms with Crippen molar-refractivity contribution in [1.29, 1.82) is 0 Å². The Balaban J connectivity index is 1.49. The predicted molar refractivity (Wildman–Crippen MR) is 108 cm³/mol. The number of anilines is 1. The predicted octanol–water partition coefficient (Wildman–Crippen LogP) is 4.09. The van der Waals surface area contributed by atoms with E-state index in [1.165, 1.54) is 12.1 Å². The Kier molecular flexibility index (Phi) is 3.46. The van der Waals surface area contributed by atoms with Gasteiger partial charge in [-0.25, -0.2) is 4.39 Å². The monoisotopic (exact) mass is 403 g/mol. The molecule has 1 unspecified atom stereocenters. The van der Waals surface area contributed by atoms with Gasteiger partial charge in [-0.2, -0.15) is 0 Å². The number of aryl methyl sites for hydroxylation is 1. The summed E-state index contributed by atoms with van der Waals surface area (Å²) in [6, 6.07) is 16.1. The van der Waals surface area contributed by atoms with Gasteiger partial charge in [0.15, 0.2) is 11.5 Å². The van der Waals surface area contributed by atoms with Gasteiger partial charge in [-0.05, 0) is 47.9 Å². The Hall–Kier alpha value is -3.54. The summed E-state index contributed by atoms with van der Waals surface area (Å²) in [4.78, 5) is 15.7. The second-order valence-electron chi connectivity index (χ2n) is 7.87. The average Bonchev–Trinajstić information content (AvgIpc) is 3.41. The number of ether oxygens (including phenoxy) is 3. The van der Waals surface area contributed by atoms with Gasteiger partial charge >= 0.3 is 0 Å². The standard InChI is InChI=1S/C24H18FNO4/c1-14-8-16(25)7-6-15(14)11-26-19-5-3-2-4-17(19)24(23(26)27)12-28-20-10-22-21(9-18(20)24)29-13-30-22/h2-10H,11-13H2,1H3. The van der Waals surface area contributed by atoms with Gasteiger partial charge in [0.05, 0.1) is 6.54 Å². The summed E-state index contributed by atoms with van der Waals surface area (Å²) < 4.78 is 30.6. The first-order chi connectivity index (χ1) is 14.6. The number of hydrogen-bond acceptors (Lipinski definition) is 4. The summed E-state index contributed by atoms with van der Waals surface area (Å²) in [7, 11) is 0. The van der Waals surface area contributed by atoms with Crippen molar-refractivity contribution in [1.82, 2.24) is 0 Å². The SMILES string of the molecule is Cc1cc(F)ccc1CN1C(=O)C2(COc3cc4c(cc32)OCO4)c2ccccc21. The summed E-state index contributed by atoms with van der Waals surface area (Å²) in [6.07, 6.45) is 0. The molecule has 0 fully saturated rings. The number of amides is 1. The molecule has 0 aromatic heterocycles. The fourth-order valence-electron chi connectivity index (χ4n) is 4.73. The number of benzene rings is 3. The van der Waals surface area contributed by atoms with Crippen molar-refractivity contribution in [3.8, 4) is 17.2 Å². The number of para-hydroxylation sites is 1. The van der Waals surface area contributed by atoms with Gasteiger partial charge in [0, 0.05) is 17.3 Å². The van der Waals surface area contributed by atoms with E-state index in [9.17, 15) is 9.18 Å². The lowest BCUT2D eigenvalue weighted by Crippen LogP contribution is -2.42. The number of carbonyl (C=O) groups is 1. The molecule has 3 aromatic rings. The highest BCUT2D eigenvalue weighted by Gasteiger charge is 2.57. The van der Waals surface area contributed by atoms with Gasteiger partial charge in [0.2, 0.25) is 12.7 Å². The number of carbonyl (C=O) groups excluding carboxylic acids is 1. The van der Waals surface area contributed by atoms with E-state index in [1.807, 2.05) is 37.3 Å². The molecule has 0 N–H and O–H groups in total. The summed E-state index contributed by atoms with van der Waals surface area (Å²) in [6.45, 7) is 2.60. The Morgan fingerprint density at radius 3 is 2.60 bits per heavy atom. The van der Waals surface area contributed by atoms with Gasteiger partial charge < -0.3 is 19.1 Å². The quantitative estimate of drug-likeness (QED) is 0.647. The Morgan fingerprint density at radius 2 is 1.77 bits per heavy atom. The normalized spacial score (nSPS) is 20.5. The molecule has 0 saturated carbocycles. The molecule has 0 aliphatic carbocycles. The van der Waals surface area contributed by atoms with Crippen molar-refractivity contribution >= 4 is 11.6 Å². The molecule has 0 bridgehead atoms. The number of rotatable bonds is 2. The smallest absolute Gasteiger partial charge is 0.246 e. The van der Waals surface area contributed by atoms with Crippen LogP contribution < -0.4 is 19.1 Å². The highest BCUT2D eigenvalue weighted by Crippen LogP contribution is 2.55. The van der Waals surface area contributed by atoms with Crippen LogP contribution in [0.2, 0.25) is 0 Å². The van der Waals surface area contributed by atoms with Crippen molar-refractivity contribution in [3.63, 3.8) is 0 Å². The first-order valence-electron chi connectivity index (χ1n) is 9.81. The molecule has 6 rings (SSSR count). The van der Waals surface area contributed by atoms with Gasteiger partial charge in [0.25, 0.3) is 0 Å². The lowest BCUT2D eigenvalue weighted by molar-refractivity contribution is -0.122. The van der Waals surface area contributed by atoms with Gasteiger partial charge in [0.1, 0.15) is 23.6 Å². The molecule has 0 radical (unpaired) electrons. The third kappa shape index (κ3) is 2.19. The van der Waals surface area contributed by atoms with E-state index in [-0.39, 0.29) is 25.1 Å². The first kappa shape index (κ1) is 17.3. The maximum Gasteiger partial charge on any atom is 0.246 e. The molecule has 30 heavy (non-hydrogen) atoms. The highest BCUT2D eigenvalue weighted by molar-refractivity contribution is 6.11. The minimum absolute atomic E-state index is 0.0509. The summed E-state index contributed by atoms with van der Waals surface area (Å²) in [5.41, 5.74) is 3.34. The van der Waals surface area contributed by atoms with E-state index in [4.69, 9.17) is 14.2 Å². The van der Waals surface area contributed by atoms with E-state index >= 15 is 0 Å². The molecule has 1 spiro atoms. The molecule has 5 nitrogen and oxygen atoms in total. The van der Waals surface area contributed by atoms with E-state index < -0.39 is 5.41 Å². The second-order valence-corrected chi connectivity index (χ2v) is 7.87. The molecule has 3 aromatic carbocycles. The molecule has 1 amide bonds. The average molecular weight is 403 g/mol. The van der Waals surface area contributed by atoms with E-state index in [0.29, 0.717) is 23.8 Å². The molecular formula is C24H18FNO4. The van der Waals surface area contributed by atoms with Crippen LogP contribution in [0.4, 0.5) is 10.1 Å². The van der Waals surface area contributed by atoms with Crippen molar-refractivity contribution in [3.05, 3.63) is 82.7 Å². The third-order valence-corrected chi connectivity index (χ3v) is 6.28. The van der Waals surface area contributed by atoms with Crippen LogP contribution in [0.25, 0.3) is 0 Å².